The van der Waals surface area contributed by atoms with Gasteiger partial charge in [-0.05, 0) is 59.9 Å². The van der Waals surface area contributed by atoms with E-state index in [1.807, 2.05) is 0 Å². The number of nitrogens with one attached hydrogen (secondary N) is 1. The second-order valence-corrected chi connectivity index (χ2v) is 5.20. The van der Waals surface area contributed by atoms with Gasteiger partial charge in [0.15, 0.2) is 0 Å². The Hall–Kier alpha value is 0.420. The second kappa shape index (κ2) is 5.49. The molecule has 0 atom stereocenters. The smallest absolute Gasteiger partial charge is 0.239 e. The number of rotatable bonds is 2. The molecule has 1 aromatic rings. The van der Waals surface area contributed by atoms with Gasteiger partial charge in [-0.1, -0.05) is 0 Å². The minimum atomic E-state index is -0.229. The summed E-state index contributed by atoms with van der Waals surface area (Å²) in [6.07, 6.45) is 0. The molecule has 1 N–H and O–H groups in total. The minimum Gasteiger partial charge on any atom is -0.325 e. The molecule has 76 valence electrons. The molecule has 1 aromatic carbocycles. The van der Waals surface area contributed by atoms with E-state index in [0.29, 0.717) is 5.69 Å². The Morgan fingerprint density at radius 2 is 1.79 bits per heavy atom. The molecule has 1 rings (SSSR count). The first-order valence-corrected chi connectivity index (χ1v) is 6.46. The van der Waals surface area contributed by atoms with E-state index in [4.69, 9.17) is 11.6 Å². The van der Waals surface area contributed by atoms with E-state index in [1.54, 1.807) is 12.1 Å². The maximum atomic E-state index is 11.0. The molecular formula is C8H5Br3ClNO. The number of carbonyl (C=O) groups is 1. The third-order valence-corrected chi connectivity index (χ3v) is 4.80. The molecule has 1 amide bonds. The lowest BCUT2D eigenvalue weighted by Gasteiger charge is -2.06. The lowest BCUT2D eigenvalue weighted by molar-refractivity contribution is -0.113. The Morgan fingerprint density at radius 3 is 2.21 bits per heavy atom. The summed E-state index contributed by atoms with van der Waals surface area (Å²) in [5.74, 6) is -0.279. The number of benzene rings is 1. The van der Waals surface area contributed by atoms with E-state index >= 15 is 0 Å². The number of halogens is 4. The molecule has 0 aromatic heterocycles. The van der Waals surface area contributed by atoms with Crippen LogP contribution < -0.4 is 5.32 Å². The van der Waals surface area contributed by atoms with Crippen LogP contribution >= 0.6 is 59.4 Å². The van der Waals surface area contributed by atoms with Crippen LogP contribution in [0.1, 0.15) is 0 Å². The van der Waals surface area contributed by atoms with Crippen LogP contribution in [0.15, 0.2) is 25.6 Å². The SMILES string of the molecule is O=C(CCl)Nc1cc(Br)c(Br)c(Br)c1. The number of amides is 1. The molecule has 0 heterocycles. The number of hydrogen-bond acceptors (Lipinski definition) is 1. The van der Waals surface area contributed by atoms with Crippen LogP contribution in [-0.2, 0) is 4.79 Å². The van der Waals surface area contributed by atoms with Crippen LogP contribution in [0.5, 0.6) is 0 Å². The molecule has 0 aliphatic carbocycles. The van der Waals surface area contributed by atoms with Crippen molar-refractivity contribution in [1.82, 2.24) is 0 Å². The maximum Gasteiger partial charge on any atom is 0.239 e. The van der Waals surface area contributed by atoms with Crippen LogP contribution in [0.4, 0.5) is 5.69 Å². The fourth-order valence-corrected chi connectivity index (χ4v) is 2.30. The minimum absolute atomic E-state index is 0.0503. The van der Waals surface area contributed by atoms with Crippen molar-refractivity contribution in [3.8, 4) is 0 Å². The molecule has 0 radical (unpaired) electrons. The molecule has 6 heteroatoms. The molecular weight excluding hydrogens is 401 g/mol. The highest BCUT2D eigenvalue weighted by Gasteiger charge is 2.06. The Labute approximate surface area is 112 Å². The molecule has 0 fully saturated rings. The summed E-state index contributed by atoms with van der Waals surface area (Å²) in [5, 5.41) is 2.65. The van der Waals surface area contributed by atoms with E-state index in [2.05, 4.69) is 53.1 Å². The average Bonchev–Trinajstić information content (AvgIpc) is 2.14. The molecule has 0 unspecified atom stereocenters. The summed E-state index contributed by atoms with van der Waals surface area (Å²) >= 11 is 15.4. The van der Waals surface area contributed by atoms with Crippen LogP contribution in [-0.4, -0.2) is 11.8 Å². The van der Waals surface area contributed by atoms with Gasteiger partial charge in [-0.25, -0.2) is 0 Å². The van der Waals surface area contributed by atoms with Crippen molar-refractivity contribution >= 4 is 71.0 Å². The summed E-state index contributed by atoms with van der Waals surface area (Å²) in [4.78, 5) is 11.0. The zero-order valence-corrected chi connectivity index (χ0v) is 12.3. The predicted molar refractivity (Wildman–Crippen MR) is 68.9 cm³/mol. The average molecular weight is 406 g/mol. The summed E-state index contributed by atoms with van der Waals surface area (Å²) in [6.45, 7) is 0. The van der Waals surface area contributed by atoms with Gasteiger partial charge in [0.05, 0.1) is 0 Å². The van der Waals surface area contributed by atoms with Crippen molar-refractivity contribution < 1.29 is 4.79 Å². The second-order valence-electron chi connectivity index (χ2n) is 2.44. The molecule has 0 saturated carbocycles. The van der Waals surface area contributed by atoms with E-state index in [9.17, 15) is 4.79 Å². The fourth-order valence-electron chi connectivity index (χ4n) is 0.822. The lowest BCUT2D eigenvalue weighted by Crippen LogP contribution is -2.12. The molecule has 14 heavy (non-hydrogen) atoms. The van der Waals surface area contributed by atoms with Crippen LogP contribution in [0.3, 0.4) is 0 Å². The molecule has 0 spiro atoms. The highest BCUT2D eigenvalue weighted by atomic mass is 79.9. The maximum absolute atomic E-state index is 11.0. The summed E-state index contributed by atoms with van der Waals surface area (Å²) in [6, 6.07) is 3.58. The number of anilines is 1. The van der Waals surface area contributed by atoms with E-state index in [0.717, 1.165) is 13.4 Å². The van der Waals surface area contributed by atoms with Crippen molar-refractivity contribution in [2.45, 2.75) is 0 Å². The zero-order chi connectivity index (χ0) is 10.7. The third-order valence-electron chi connectivity index (χ3n) is 1.39. The quantitative estimate of drug-likeness (QED) is 0.580. The monoisotopic (exact) mass is 403 g/mol. The highest BCUT2D eigenvalue weighted by molar-refractivity contribution is 9.14. The zero-order valence-electron chi connectivity index (χ0n) is 6.78. The van der Waals surface area contributed by atoms with E-state index < -0.39 is 0 Å². The van der Waals surface area contributed by atoms with Gasteiger partial charge in [-0.3, -0.25) is 4.79 Å². The van der Waals surface area contributed by atoms with Crippen molar-refractivity contribution in [2.75, 3.05) is 11.2 Å². The largest absolute Gasteiger partial charge is 0.325 e. The van der Waals surface area contributed by atoms with Gasteiger partial charge < -0.3 is 5.32 Å². The van der Waals surface area contributed by atoms with Gasteiger partial charge in [0.25, 0.3) is 0 Å². The van der Waals surface area contributed by atoms with Crippen molar-refractivity contribution in [3.63, 3.8) is 0 Å². The first-order chi connectivity index (χ1) is 6.54. The third kappa shape index (κ3) is 3.22. The number of alkyl halides is 1. The van der Waals surface area contributed by atoms with Gasteiger partial charge in [-0.2, -0.15) is 0 Å². The van der Waals surface area contributed by atoms with Gasteiger partial charge in [0, 0.05) is 19.1 Å². The molecule has 2 nitrogen and oxygen atoms in total. The van der Waals surface area contributed by atoms with Crippen molar-refractivity contribution in [3.05, 3.63) is 25.6 Å². The van der Waals surface area contributed by atoms with Crippen LogP contribution in [0.25, 0.3) is 0 Å². The van der Waals surface area contributed by atoms with Crippen LogP contribution in [0.2, 0.25) is 0 Å². The molecule has 0 bridgehead atoms. The topological polar surface area (TPSA) is 29.1 Å². The summed E-state index contributed by atoms with van der Waals surface area (Å²) in [5.41, 5.74) is 0.692. The lowest BCUT2D eigenvalue weighted by atomic mass is 10.3. The molecule has 0 saturated heterocycles. The van der Waals surface area contributed by atoms with Gasteiger partial charge in [0.1, 0.15) is 5.88 Å². The first-order valence-electron chi connectivity index (χ1n) is 3.55. The standard InChI is InChI=1S/C8H5Br3ClNO/c9-5-1-4(13-7(14)3-12)2-6(10)8(5)11/h1-2H,3H2,(H,13,14). The Morgan fingerprint density at radius 1 is 1.29 bits per heavy atom. The van der Waals surface area contributed by atoms with Gasteiger partial charge in [0.2, 0.25) is 5.91 Å². The van der Waals surface area contributed by atoms with E-state index in [-0.39, 0.29) is 11.8 Å². The Bertz CT molecular complexity index is 347. The molecule has 0 aliphatic rings. The van der Waals surface area contributed by atoms with Gasteiger partial charge >= 0.3 is 0 Å². The number of hydrogen-bond donors (Lipinski definition) is 1. The first kappa shape index (κ1) is 12.5. The Balaban J connectivity index is 2.95. The normalized spacial score (nSPS) is 10.0. The van der Waals surface area contributed by atoms with Crippen LogP contribution in [0, 0.1) is 0 Å². The summed E-state index contributed by atoms with van der Waals surface area (Å²) in [7, 11) is 0. The van der Waals surface area contributed by atoms with Gasteiger partial charge in [-0.15, -0.1) is 11.6 Å². The Kier molecular flexibility index (Phi) is 4.90. The predicted octanol–water partition coefficient (Wildman–Crippen LogP) is 4.15. The number of carbonyl (C=O) groups excluding carboxylic acids is 1. The molecule has 0 aliphatic heterocycles. The van der Waals surface area contributed by atoms with E-state index in [1.165, 1.54) is 0 Å². The van der Waals surface area contributed by atoms with Crippen molar-refractivity contribution in [2.24, 2.45) is 0 Å². The highest BCUT2D eigenvalue weighted by Crippen LogP contribution is 2.33. The van der Waals surface area contributed by atoms with Crippen molar-refractivity contribution in [1.29, 1.82) is 0 Å². The fraction of sp³-hybridized carbons (Fsp3) is 0.125. The summed E-state index contributed by atoms with van der Waals surface area (Å²) < 4.78 is 2.62.